The van der Waals surface area contributed by atoms with Crippen LogP contribution < -0.4 is 9.80 Å². The van der Waals surface area contributed by atoms with Gasteiger partial charge in [-0.3, -0.25) is 0 Å². The molecule has 5 rings (SSSR count). The van der Waals surface area contributed by atoms with Gasteiger partial charge in [0.05, 0.1) is 11.4 Å². The Labute approximate surface area is 239 Å². The van der Waals surface area contributed by atoms with Gasteiger partial charge in [0.2, 0.25) is 0 Å². The third-order valence-electron chi connectivity index (χ3n) is 7.81. The molecule has 4 aromatic carbocycles. The van der Waals surface area contributed by atoms with Gasteiger partial charge in [-0.05, 0) is 98.0 Å². The third kappa shape index (κ3) is 5.65. The molecular formula is C37H39N3. The number of anilines is 2. The predicted molar refractivity (Wildman–Crippen MR) is 174 cm³/mol. The summed E-state index contributed by atoms with van der Waals surface area (Å²) < 4.78 is 0. The van der Waals surface area contributed by atoms with Crippen molar-refractivity contribution in [3.05, 3.63) is 137 Å². The maximum Gasteiger partial charge on any atom is 0.0715 e. The summed E-state index contributed by atoms with van der Waals surface area (Å²) >= 11 is 0. The van der Waals surface area contributed by atoms with E-state index in [-0.39, 0.29) is 0 Å². The Morgan fingerprint density at radius 3 is 1.77 bits per heavy atom. The number of hydrogen-bond donors (Lipinski definition) is 0. The van der Waals surface area contributed by atoms with Crippen LogP contribution in [-0.2, 0) is 0 Å². The molecule has 0 bridgehead atoms. The minimum absolute atomic E-state index is 0.968. The fourth-order valence-electron chi connectivity index (χ4n) is 5.33. The molecule has 202 valence electrons. The highest BCUT2D eigenvalue weighted by atomic mass is 15.1. The zero-order valence-corrected chi connectivity index (χ0v) is 24.4. The molecule has 0 spiro atoms. The van der Waals surface area contributed by atoms with E-state index in [9.17, 15) is 0 Å². The third-order valence-corrected chi connectivity index (χ3v) is 7.81. The first-order valence-electron chi connectivity index (χ1n) is 14.4. The summed E-state index contributed by atoms with van der Waals surface area (Å²) in [5, 5.41) is 0. The van der Waals surface area contributed by atoms with Crippen molar-refractivity contribution < 1.29 is 0 Å². The Morgan fingerprint density at radius 2 is 1.20 bits per heavy atom. The van der Waals surface area contributed by atoms with Crippen molar-refractivity contribution in [3.8, 4) is 0 Å². The molecule has 0 N–H and O–H groups in total. The SMILES string of the molecule is CCN(C)c1ccc(C(=C2C=CC(=Nc3ccc(C)cc3)c3ccccc32)c2ccc(N(CC)CC)cc2)cc1. The van der Waals surface area contributed by atoms with Crippen molar-refractivity contribution >= 4 is 33.9 Å². The zero-order valence-electron chi connectivity index (χ0n) is 24.4. The second-order valence-corrected chi connectivity index (χ2v) is 10.3. The second kappa shape index (κ2) is 12.2. The van der Waals surface area contributed by atoms with E-state index in [1.807, 2.05) is 0 Å². The average molecular weight is 526 g/mol. The van der Waals surface area contributed by atoms with E-state index in [0.717, 1.165) is 36.6 Å². The van der Waals surface area contributed by atoms with E-state index in [4.69, 9.17) is 4.99 Å². The molecule has 0 heterocycles. The van der Waals surface area contributed by atoms with Crippen molar-refractivity contribution in [1.82, 2.24) is 0 Å². The average Bonchev–Trinajstić information content (AvgIpc) is 3.00. The molecule has 1 aliphatic carbocycles. The second-order valence-electron chi connectivity index (χ2n) is 10.3. The van der Waals surface area contributed by atoms with E-state index in [1.54, 1.807) is 0 Å². The lowest BCUT2D eigenvalue weighted by atomic mass is 9.83. The Morgan fingerprint density at radius 1 is 0.625 bits per heavy atom. The number of aryl methyl sites for hydroxylation is 1. The first-order valence-corrected chi connectivity index (χ1v) is 14.4. The minimum atomic E-state index is 0.968. The molecule has 0 aliphatic heterocycles. The Kier molecular flexibility index (Phi) is 8.31. The van der Waals surface area contributed by atoms with Gasteiger partial charge in [-0.2, -0.15) is 0 Å². The van der Waals surface area contributed by atoms with Gasteiger partial charge in [-0.25, -0.2) is 4.99 Å². The Balaban J connectivity index is 1.68. The first kappa shape index (κ1) is 27.2. The largest absolute Gasteiger partial charge is 0.375 e. The summed E-state index contributed by atoms with van der Waals surface area (Å²) in [5.74, 6) is 0. The van der Waals surface area contributed by atoms with Gasteiger partial charge in [0.15, 0.2) is 0 Å². The topological polar surface area (TPSA) is 18.8 Å². The highest BCUT2D eigenvalue weighted by Gasteiger charge is 2.20. The molecule has 0 saturated carbocycles. The molecule has 0 aromatic heterocycles. The number of aliphatic imine (C=N–C) groups is 1. The van der Waals surface area contributed by atoms with Crippen LogP contribution in [0.25, 0.3) is 11.1 Å². The molecule has 0 amide bonds. The molecule has 40 heavy (non-hydrogen) atoms. The molecule has 1 aliphatic rings. The van der Waals surface area contributed by atoms with E-state index < -0.39 is 0 Å². The molecule has 0 saturated heterocycles. The van der Waals surface area contributed by atoms with Crippen molar-refractivity contribution in [3.63, 3.8) is 0 Å². The first-order chi connectivity index (χ1) is 19.5. The van der Waals surface area contributed by atoms with Crippen LogP contribution in [0.5, 0.6) is 0 Å². The van der Waals surface area contributed by atoms with Gasteiger partial charge in [-0.15, -0.1) is 0 Å². The Bertz CT molecular complexity index is 1530. The van der Waals surface area contributed by atoms with E-state index in [0.29, 0.717) is 0 Å². The lowest BCUT2D eigenvalue weighted by Crippen LogP contribution is -2.21. The highest BCUT2D eigenvalue weighted by molar-refractivity contribution is 6.19. The molecule has 3 nitrogen and oxygen atoms in total. The van der Waals surface area contributed by atoms with Crippen LogP contribution in [0.2, 0.25) is 0 Å². The van der Waals surface area contributed by atoms with Crippen LogP contribution in [0.15, 0.2) is 114 Å². The summed E-state index contributed by atoms with van der Waals surface area (Å²) in [7, 11) is 2.13. The van der Waals surface area contributed by atoms with Gasteiger partial charge in [0.1, 0.15) is 0 Å². The zero-order chi connectivity index (χ0) is 28.1. The van der Waals surface area contributed by atoms with Crippen LogP contribution in [0, 0.1) is 6.92 Å². The minimum Gasteiger partial charge on any atom is -0.375 e. The number of hydrogen-bond acceptors (Lipinski definition) is 3. The number of nitrogens with zero attached hydrogens (tertiary/aromatic N) is 3. The summed E-state index contributed by atoms with van der Waals surface area (Å²) in [6, 6.07) is 35.1. The number of benzene rings is 4. The van der Waals surface area contributed by atoms with Gasteiger partial charge in [-0.1, -0.05) is 72.3 Å². The highest BCUT2D eigenvalue weighted by Crippen LogP contribution is 2.38. The van der Waals surface area contributed by atoms with Crippen molar-refractivity contribution in [2.24, 2.45) is 4.99 Å². The van der Waals surface area contributed by atoms with Gasteiger partial charge >= 0.3 is 0 Å². The van der Waals surface area contributed by atoms with Gasteiger partial charge < -0.3 is 9.80 Å². The summed E-state index contributed by atoms with van der Waals surface area (Å²) in [6.45, 7) is 11.7. The standard InChI is InChI=1S/C37H39N3/c1-6-39(5)31-21-15-28(16-22-31)37(29-17-23-32(24-18-29)40(7-2)8-3)35-25-26-36(34-12-10-9-11-33(34)35)38-30-19-13-27(4)14-20-30/h9-26H,6-8H2,1-5H3. The summed E-state index contributed by atoms with van der Waals surface area (Å²) in [4.78, 5) is 9.67. The quantitative estimate of drug-likeness (QED) is 0.229. The smallest absolute Gasteiger partial charge is 0.0715 e. The molecule has 0 unspecified atom stereocenters. The molecule has 0 fully saturated rings. The maximum absolute atomic E-state index is 5.03. The van der Waals surface area contributed by atoms with Crippen LogP contribution >= 0.6 is 0 Å². The molecule has 4 aromatic rings. The molecular weight excluding hydrogens is 486 g/mol. The number of fused-ring (bicyclic) bond motifs is 1. The normalized spacial score (nSPS) is 14.7. The van der Waals surface area contributed by atoms with Crippen LogP contribution in [0.4, 0.5) is 17.1 Å². The lowest BCUT2D eigenvalue weighted by molar-refractivity contribution is 0.866. The van der Waals surface area contributed by atoms with Crippen LogP contribution in [-0.4, -0.2) is 32.4 Å². The van der Waals surface area contributed by atoms with Gasteiger partial charge in [0, 0.05) is 43.6 Å². The summed E-state index contributed by atoms with van der Waals surface area (Å²) in [5.41, 5.74) is 12.9. The fourth-order valence-corrected chi connectivity index (χ4v) is 5.33. The number of rotatable bonds is 8. The van der Waals surface area contributed by atoms with E-state index >= 15 is 0 Å². The van der Waals surface area contributed by atoms with Crippen LogP contribution in [0.1, 0.15) is 48.6 Å². The molecule has 3 heteroatoms. The molecule has 0 radical (unpaired) electrons. The monoisotopic (exact) mass is 525 g/mol. The van der Waals surface area contributed by atoms with Crippen molar-refractivity contribution in [2.45, 2.75) is 27.7 Å². The predicted octanol–water partition coefficient (Wildman–Crippen LogP) is 8.95. The Hall–Kier alpha value is -4.37. The van der Waals surface area contributed by atoms with E-state index in [1.165, 1.54) is 44.8 Å². The van der Waals surface area contributed by atoms with Gasteiger partial charge in [0.25, 0.3) is 0 Å². The maximum atomic E-state index is 5.03. The van der Waals surface area contributed by atoms with Crippen molar-refractivity contribution in [1.29, 1.82) is 0 Å². The van der Waals surface area contributed by atoms with Crippen molar-refractivity contribution in [2.75, 3.05) is 36.5 Å². The van der Waals surface area contributed by atoms with Crippen LogP contribution in [0.3, 0.4) is 0 Å². The lowest BCUT2D eigenvalue weighted by Gasteiger charge is -2.24. The fraction of sp³-hybridized carbons (Fsp3) is 0.216. The van der Waals surface area contributed by atoms with E-state index in [2.05, 4.69) is 154 Å². The molecule has 0 atom stereocenters. The number of allylic oxidation sites excluding steroid dienone is 3. The summed E-state index contributed by atoms with van der Waals surface area (Å²) in [6.07, 6.45) is 4.41.